The van der Waals surface area contributed by atoms with E-state index in [2.05, 4.69) is 33.2 Å². The molecule has 0 aliphatic heterocycles. The maximum absolute atomic E-state index is 11.5. The molecule has 0 bridgehead atoms. The standard InChI is InChI=1S/C17H19N5O2S/c1-3-7-25-17-21-20-14(9-12-10-15(23)19-16(24)18-12)22(17)13-6-4-5-11(2)8-13/h4-6,8,10H,3,7,9H2,1-2H3,(H2,18,19,23,24). The number of aromatic amines is 2. The number of aryl methyl sites for hydroxylation is 1. The Morgan fingerprint density at radius 1 is 1.16 bits per heavy atom. The fourth-order valence-corrected chi connectivity index (χ4v) is 3.34. The molecular formula is C17H19N5O2S. The van der Waals surface area contributed by atoms with E-state index in [1.807, 2.05) is 29.7 Å². The lowest BCUT2D eigenvalue weighted by Crippen LogP contribution is -2.23. The quantitative estimate of drug-likeness (QED) is 0.658. The average Bonchev–Trinajstić information content (AvgIpc) is 2.94. The number of benzene rings is 1. The van der Waals surface area contributed by atoms with E-state index in [0.717, 1.165) is 28.6 Å². The molecule has 7 nitrogen and oxygen atoms in total. The van der Waals surface area contributed by atoms with Gasteiger partial charge in [0.05, 0.1) is 0 Å². The van der Waals surface area contributed by atoms with E-state index >= 15 is 0 Å². The summed E-state index contributed by atoms with van der Waals surface area (Å²) in [5.41, 5.74) is 1.65. The third-order valence-electron chi connectivity index (χ3n) is 3.56. The molecule has 0 spiro atoms. The van der Waals surface area contributed by atoms with E-state index in [1.54, 1.807) is 11.8 Å². The Morgan fingerprint density at radius 2 is 2.00 bits per heavy atom. The predicted molar refractivity (Wildman–Crippen MR) is 97.6 cm³/mol. The Bertz CT molecular complexity index is 961. The van der Waals surface area contributed by atoms with Crippen molar-refractivity contribution < 1.29 is 0 Å². The molecule has 2 heterocycles. The van der Waals surface area contributed by atoms with Crippen LogP contribution in [0.1, 0.15) is 30.4 Å². The van der Waals surface area contributed by atoms with Crippen LogP contribution in [0.4, 0.5) is 0 Å². The second-order valence-corrected chi connectivity index (χ2v) is 6.77. The normalized spacial score (nSPS) is 11.0. The maximum atomic E-state index is 11.5. The van der Waals surface area contributed by atoms with Gasteiger partial charge in [0.2, 0.25) is 0 Å². The highest BCUT2D eigenvalue weighted by molar-refractivity contribution is 7.99. The molecular weight excluding hydrogens is 338 g/mol. The molecule has 25 heavy (non-hydrogen) atoms. The van der Waals surface area contributed by atoms with Crippen LogP contribution in [0.15, 0.2) is 45.1 Å². The fraction of sp³-hybridized carbons (Fsp3) is 0.294. The largest absolute Gasteiger partial charge is 0.325 e. The zero-order valence-electron chi connectivity index (χ0n) is 14.1. The molecule has 0 saturated carbocycles. The lowest BCUT2D eigenvalue weighted by molar-refractivity contribution is 0.828. The summed E-state index contributed by atoms with van der Waals surface area (Å²) in [6.07, 6.45) is 1.34. The van der Waals surface area contributed by atoms with E-state index in [-0.39, 0.29) is 0 Å². The summed E-state index contributed by atoms with van der Waals surface area (Å²) in [6.45, 7) is 4.14. The third kappa shape index (κ3) is 4.08. The molecule has 0 saturated heterocycles. The van der Waals surface area contributed by atoms with Crippen LogP contribution < -0.4 is 11.2 Å². The van der Waals surface area contributed by atoms with Crippen molar-refractivity contribution in [1.29, 1.82) is 0 Å². The lowest BCUT2D eigenvalue weighted by atomic mass is 10.2. The van der Waals surface area contributed by atoms with Gasteiger partial charge in [0, 0.05) is 29.6 Å². The van der Waals surface area contributed by atoms with Gasteiger partial charge in [-0.3, -0.25) is 14.3 Å². The third-order valence-corrected chi connectivity index (χ3v) is 4.70. The van der Waals surface area contributed by atoms with Gasteiger partial charge in [-0.1, -0.05) is 30.8 Å². The Balaban J connectivity index is 2.05. The SMILES string of the molecule is CCCSc1nnc(Cc2cc(=O)[nH]c(=O)[nH]2)n1-c1cccc(C)c1. The Morgan fingerprint density at radius 3 is 2.72 bits per heavy atom. The minimum absolute atomic E-state index is 0.312. The van der Waals surface area contributed by atoms with Crippen molar-refractivity contribution in [2.75, 3.05) is 5.75 Å². The first-order valence-electron chi connectivity index (χ1n) is 8.03. The Kier molecular flexibility index (Phi) is 5.18. The van der Waals surface area contributed by atoms with Gasteiger partial charge in [0.25, 0.3) is 5.56 Å². The minimum Gasteiger partial charge on any atom is -0.311 e. The number of thioether (sulfide) groups is 1. The number of rotatable bonds is 6. The van der Waals surface area contributed by atoms with Crippen LogP contribution >= 0.6 is 11.8 Å². The van der Waals surface area contributed by atoms with Gasteiger partial charge in [-0.15, -0.1) is 10.2 Å². The van der Waals surface area contributed by atoms with Crippen molar-refractivity contribution in [3.05, 3.63) is 68.3 Å². The molecule has 2 aromatic heterocycles. The van der Waals surface area contributed by atoms with E-state index < -0.39 is 11.2 Å². The molecule has 0 atom stereocenters. The van der Waals surface area contributed by atoms with Gasteiger partial charge in [0.1, 0.15) is 5.82 Å². The summed E-state index contributed by atoms with van der Waals surface area (Å²) in [4.78, 5) is 27.8. The first-order chi connectivity index (χ1) is 12.1. The number of nitrogens with one attached hydrogen (secondary N) is 2. The molecule has 3 aromatic rings. The van der Waals surface area contributed by atoms with E-state index in [4.69, 9.17) is 0 Å². The Hall–Kier alpha value is -2.61. The van der Waals surface area contributed by atoms with Crippen molar-refractivity contribution in [2.45, 2.75) is 31.8 Å². The van der Waals surface area contributed by atoms with E-state index in [9.17, 15) is 9.59 Å². The van der Waals surface area contributed by atoms with Crippen LogP contribution in [-0.4, -0.2) is 30.5 Å². The average molecular weight is 357 g/mol. The number of nitrogens with zero attached hydrogens (tertiary/aromatic N) is 3. The van der Waals surface area contributed by atoms with Crippen molar-refractivity contribution in [2.24, 2.45) is 0 Å². The van der Waals surface area contributed by atoms with Crippen LogP contribution in [0.2, 0.25) is 0 Å². The summed E-state index contributed by atoms with van der Waals surface area (Å²) >= 11 is 1.63. The van der Waals surface area contributed by atoms with Crippen LogP contribution in [0.5, 0.6) is 0 Å². The molecule has 0 unspecified atom stereocenters. The molecule has 0 aliphatic rings. The van der Waals surface area contributed by atoms with Gasteiger partial charge in [-0.05, 0) is 31.0 Å². The summed E-state index contributed by atoms with van der Waals surface area (Å²) in [5.74, 6) is 1.61. The predicted octanol–water partition coefficient (Wildman–Crippen LogP) is 2.05. The van der Waals surface area contributed by atoms with E-state index in [0.29, 0.717) is 17.9 Å². The summed E-state index contributed by atoms with van der Waals surface area (Å²) in [7, 11) is 0. The van der Waals surface area contributed by atoms with Crippen molar-refractivity contribution in [1.82, 2.24) is 24.7 Å². The van der Waals surface area contributed by atoms with Gasteiger partial charge in [0.15, 0.2) is 5.16 Å². The molecule has 130 valence electrons. The van der Waals surface area contributed by atoms with Crippen LogP contribution in [0, 0.1) is 6.92 Å². The lowest BCUT2D eigenvalue weighted by Gasteiger charge is -2.10. The molecule has 0 fully saturated rings. The second-order valence-electron chi connectivity index (χ2n) is 5.71. The number of hydrogen-bond acceptors (Lipinski definition) is 5. The number of aromatic nitrogens is 5. The highest BCUT2D eigenvalue weighted by Crippen LogP contribution is 2.24. The van der Waals surface area contributed by atoms with Crippen LogP contribution in [0.25, 0.3) is 5.69 Å². The summed E-state index contributed by atoms with van der Waals surface area (Å²) in [6, 6.07) is 9.44. The highest BCUT2D eigenvalue weighted by Gasteiger charge is 2.15. The van der Waals surface area contributed by atoms with Gasteiger partial charge < -0.3 is 4.98 Å². The summed E-state index contributed by atoms with van der Waals surface area (Å²) < 4.78 is 1.98. The molecule has 0 aliphatic carbocycles. The molecule has 8 heteroatoms. The smallest absolute Gasteiger partial charge is 0.311 e. The highest BCUT2D eigenvalue weighted by atomic mass is 32.2. The first kappa shape index (κ1) is 17.2. The monoisotopic (exact) mass is 357 g/mol. The van der Waals surface area contributed by atoms with Gasteiger partial charge in [-0.2, -0.15) is 0 Å². The van der Waals surface area contributed by atoms with Crippen molar-refractivity contribution in [3.8, 4) is 5.69 Å². The van der Waals surface area contributed by atoms with Crippen LogP contribution in [0.3, 0.4) is 0 Å². The summed E-state index contributed by atoms with van der Waals surface area (Å²) in [5, 5.41) is 9.39. The zero-order chi connectivity index (χ0) is 17.8. The van der Waals surface area contributed by atoms with Crippen molar-refractivity contribution >= 4 is 11.8 Å². The molecule has 2 N–H and O–H groups in total. The van der Waals surface area contributed by atoms with E-state index in [1.165, 1.54) is 6.07 Å². The molecule has 0 amide bonds. The number of hydrogen-bond donors (Lipinski definition) is 2. The van der Waals surface area contributed by atoms with Gasteiger partial charge >= 0.3 is 5.69 Å². The Labute approximate surface area is 148 Å². The maximum Gasteiger partial charge on any atom is 0.325 e. The van der Waals surface area contributed by atoms with Gasteiger partial charge in [-0.25, -0.2) is 4.79 Å². The topological polar surface area (TPSA) is 96.4 Å². The molecule has 3 rings (SSSR count). The zero-order valence-corrected chi connectivity index (χ0v) is 14.9. The fourth-order valence-electron chi connectivity index (χ4n) is 2.51. The van der Waals surface area contributed by atoms with Crippen LogP contribution in [-0.2, 0) is 6.42 Å². The van der Waals surface area contributed by atoms with Crippen molar-refractivity contribution in [3.63, 3.8) is 0 Å². The first-order valence-corrected chi connectivity index (χ1v) is 9.02. The molecule has 0 radical (unpaired) electrons. The minimum atomic E-state index is -0.523. The number of H-pyrrole nitrogens is 2. The molecule has 1 aromatic carbocycles. The second kappa shape index (κ2) is 7.52.